The lowest BCUT2D eigenvalue weighted by molar-refractivity contribution is -0.122. The van der Waals surface area contributed by atoms with Crippen LogP contribution >= 0.6 is 24.2 Å². The number of unbranched alkanes of at least 4 members (excludes halogenated alkanes) is 2. The van der Waals surface area contributed by atoms with Gasteiger partial charge in [0.1, 0.15) is 5.65 Å². The number of fused-ring (bicyclic) bond motifs is 1. The van der Waals surface area contributed by atoms with Crippen LogP contribution < -0.4 is 4.74 Å². The average Bonchev–Trinajstić information content (AvgIpc) is 3.19. The summed E-state index contributed by atoms with van der Waals surface area (Å²) < 4.78 is 7.67. The maximum absolute atomic E-state index is 12.2. The standard InChI is InChI=1S/C18H21N3O3S.ClH/c1-2-3-7-14-17(22)21(18(23)25-14)11-4-5-13-24-16-9-6-8-15-19-10-12-20(15)16;/h6-10,12H,2-5,11,13H2,1H3;1H/b14-7-;. The summed E-state index contributed by atoms with van der Waals surface area (Å²) in [6.45, 7) is 3.01. The molecular formula is C18H22ClN3O3S. The van der Waals surface area contributed by atoms with Gasteiger partial charge >= 0.3 is 0 Å². The number of carbonyl (C=O) groups is 2. The van der Waals surface area contributed by atoms with Gasteiger partial charge in [-0.25, -0.2) is 4.98 Å². The first-order chi connectivity index (χ1) is 12.2. The third kappa shape index (κ3) is 4.59. The highest BCUT2D eigenvalue weighted by Crippen LogP contribution is 2.31. The number of imidazole rings is 1. The minimum atomic E-state index is -0.170. The zero-order valence-corrected chi connectivity index (χ0v) is 16.2. The molecule has 6 nitrogen and oxygen atoms in total. The van der Waals surface area contributed by atoms with Crippen LogP contribution in [-0.2, 0) is 4.79 Å². The number of amides is 2. The molecule has 1 aliphatic heterocycles. The van der Waals surface area contributed by atoms with Crippen molar-refractivity contribution < 1.29 is 14.3 Å². The largest absolute Gasteiger partial charge is 0.479 e. The number of pyridine rings is 1. The molecule has 0 aliphatic carbocycles. The van der Waals surface area contributed by atoms with E-state index in [2.05, 4.69) is 4.98 Å². The normalized spacial score (nSPS) is 15.7. The highest BCUT2D eigenvalue weighted by atomic mass is 35.5. The van der Waals surface area contributed by atoms with Crippen molar-refractivity contribution in [1.29, 1.82) is 0 Å². The van der Waals surface area contributed by atoms with Gasteiger partial charge in [-0.15, -0.1) is 12.4 Å². The van der Waals surface area contributed by atoms with Crippen molar-refractivity contribution in [1.82, 2.24) is 14.3 Å². The van der Waals surface area contributed by atoms with E-state index >= 15 is 0 Å². The molecule has 0 atom stereocenters. The van der Waals surface area contributed by atoms with Crippen molar-refractivity contribution in [3.8, 4) is 5.88 Å². The van der Waals surface area contributed by atoms with E-state index in [1.165, 1.54) is 4.90 Å². The van der Waals surface area contributed by atoms with Gasteiger partial charge in [-0.05, 0) is 43.2 Å². The van der Waals surface area contributed by atoms with Gasteiger partial charge in [-0.1, -0.05) is 25.5 Å². The monoisotopic (exact) mass is 395 g/mol. The first-order valence-corrected chi connectivity index (χ1v) is 9.31. The molecule has 0 N–H and O–H groups in total. The van der Waals surface area contributed by atoms with E-state index in [-0.39, 0.29) is 23.6 Å². The number of rotatable bonds is 8. The van der Waals surface area contributed by atoms with Crippen LogP contribution in [0.2, 0.25) is 0 Å². The SMILES string of the molecule is CCC/C=C1\SC(=O)N(CCCCOc2cccc3nccn23)C1=O.Cl. The highest BCUT2D eigenvalue weighted by molar-refractivity contribution is 8.18. The second-order valence-corrected chi connectivity index (χ2v) is 6.75. The smallest absolute Gasteiger partial charge is 0.293 e. The van der Waals surface area contributed by atoms with E-state index in [0.717, 1.165) is 49.0 Å². The molecule has 1 fully saturated rings. The highest BCUT2D eigenvalue weighted by Gasteiger charge is 2.34. The van der Waals surface area contributed by atoms with Gasteiger partial charge in [0.15, 0.2) is 5.88 Å². The molecule has 26 heavy (non-hydrogen) atoms. The second kappa shape index (κ2) is 9.64. The van der Waals surface area contributed by atoms with E-state index in [0.29, 0.717) is 18.1 Å². The van der Waals surface area contributed by atoms with Crippen LogP contribution in [0.5, 0.6) is 5.88 Å². The van der Waals surface area contributed by atoms with Crippen LogP contribution in [0.1, 0.15) is 32.6 Å². The van der Waals surface area contributed by atoms with Crippen LogP contribution in [-0.4, -0.2) is 38.6 Å². The topological polar surface area (TPSA) is 63.9 Å². The maximum Gasteiger partial charge on any atom is 0.293 e. The number of imide groups is 1. The molecule has 0 bridgehead atoms. The number of nitrogens with zero attached hydrogens (tertiary/aromatic N) is 3. The number of hydrogen-bond donors (Lipinski definition) is 0. The summed E-state index contributed by atoms with van der Waals surface area (Å²) in [5.41, 5.74) is 0.842. The summed E-state index contributed by atoms with van der Waals surface area (Å²) in [6.07, 6.45) is 8.72. The zero-order chi connectivity index (χ0) is 17.6. The summed E-state index contributed by atoms with van der Waals surface area (Å²) in [5, 5.41) is -0.170. The third-order valence-corrected chi connectivity index (χ3v) is 4.87. The molecular weight excluding hydrogens is 374 g/mol. The second-order valence-electron chi connectivity index (χ2n) is 5.76. The van der Waals surface area contributed by atoms with Crippen LogP contribution in [0, 0.1) is 0 Å². The van der Waals surface area contributed by atoms with Gasteiger partial charge in [0, 0.05) is 18.9 Å². The Morgan fingerprint density at radius 3 is 2.92 bits per heavy atom. The summed E-state index contributed by atoms with van der Waals surface area (Å²) in [7, 11) is 0. The van der Waals surface area contributed by atoms with Gasteiger partial charge < -0.3 is 4.74 Å². The fraction of sp³-hybridized carbons (Fsp3) is 0.389. The molecule has 0 unspecified atom stereocenters. The Labute approximate surface area is 163 Å². The quantitative estimate of drug-likeness (QED) is 0.492. The van der Waals surface area contributed by atoms with Crippen molar-refractivity contribution in [2.45, 2.75) is 32.6 Å². The predicted molar refractivity (Wildman–Crippen MR) is 105 cm³/mol. The summed E-state index contributed by atoms with van der Waals surface area (Å²) >= 11 is 1.04. The van der Waals surface area contributed by atoms with Crippen LogP contribution in [0.15, 0.2) is 41.6 Å². The number of hydrogen-bond acceptors (Lipinski definition) is 5. The summed E-state index contributed by atoms with van der Waals surface area (Å²) in [4.78, 5) is 30.3. The maximum atomic E-state index is 12.2. The molecule has 3 rings (SSSR count). The minimum Gasteiger partial charge on any atom is -0.479 e. The number of halogens is 1. The average molecular weight is 396 g/mol. The number of ether oxygens (including phenoxy) is 1. The van der Waals surface area contributed by atoms with E-state index in [9.17, 15) is 9.59 Å². The molecule has 2 aromatic heterocycles. The fourth-order valence-corrected chi connectivity index (χ4v) is 3.46. The summed E-state index contributed by atoms with van der Waals surface area (Å²) in [5.74, 6) is 0.580. The van der Waals surface area contributed by atoms with E-state index in [1.54, 1.807) is 6.20 Å². The molecule has 0 spiro atoms. The van der Waals surface area contributed by atoms with Crippen LogP contribution in [0.25, 0.3) is 5.65 Å². The van der Waals surface area contributed by atoms with E-state index in [1.807, 2.05) is 41.8 Å². The van der Waals surface area contributed by atoms with Crippen LogP contribution in [0.4, 0.5) is 4.79 Å². The number of thioether (sulfide) groups is 1. The Hall–Kier alpha value is -1.99. The minimum absolute atomic E-state index is 0. The molecule has 0 saturated carbocycles. The van der Waals surface area contributed by atoms with Gasteiger partial charge in [0.05, 0.1) is 11.5 Å². The summed E-state index contributed by atoms with van der Waals surface area (Å²) in [6, 6.07) is 5.71. The van der Waals surface area contributed by atoms with E-state index < -0.39 is 0 Å². The molecule has 0 aromatic carbocycles. The molecule has 1 aliphatic rings. The zero-order valence-electron chi connectivity index (χ0n) is 14.6. The fourth-order valence-electron chi connectivity index (χ4n) is 2.59. The molecule has 8 heteroatoms. The molecule has 0 radical (unpaired) electrons. The first-order valence-electron chi connectivity index (χ1n) is 8.49. The Morgan fingerprint density at radius 1 is 1.27 bits per heavy atom. The van der Waals surface area contributed by atoms with Crippen molar-refractivity contribution >= 4 is 41.0 Å². The third-order valence-electron chi connectivity index (χ3n) is 3.91. The molecule has 140 valence electrons. The molecule has 2 amide bonds. The number of carbonyl (C=O) groups excluding carboxylic acids is 2. The lowest BCUT2D eigenvalue weighted by Gasteiger charge is -2.12. The number of allylic oxidation sites excluding steroid dienone is 1. The van der Waals surface area contributed by atoms with Gasteiger partial charge in [-0.3, -0.25) is 18.9 Å². The van der Waals surface area contributed by atoms with Gasteiger partial charge in [0.25, 0.3) is 11.1 Å². The molecule has 2 aromatic rings. The van der Waals surface area contributed by atoms with Crippen molar-refractivity contribution in [2.24, 2.45) is 0 Å². The van der Waals surface area contributed by atoms with Gasteiger partial charge in [0.2, 0.25) is 0 Å². The molecule has 3 heterocycles. The van der Waals surface area contributed by atoms with Crippen molar-refractivity contribution in [2.75, 3.05) is 13.2 Å². The van der Waals surface area contributed by atoms with Crippen molar-refractivity contribution in [3.63, 3.8) is 0 Å². The Morgan fingerprint density at radius 2 is 2.12 bits per heavy atom. The van der Waals surface area contributed by atoms with Crippen molar-refractivity contribution in [3.05, 3.63) is 41.6 Å². The van der Waals surface area contributed by atoms with E-state index in [4.69, 9.17) is 4.74 Å². The first kappa shape index (κ1) is 20.3. The lowest BCUT2D eigenvalue weighted by atomic mass is 10.3. The lowest BCUT2D eigenvalue weighted by Crippen LogP contribution is -2.29. The van der Waals surface area contributed by atoms with Crippen LogP contribution in [0.3, 0.4) is 0 Å². The molecule has 1 saturated heterocycles. The Kier molecular flexibility index (Phi) is 7.53. The Balaban J connectivity index is 0.00000243. The Bertz CT molecular complexity index is 806. The number of aromatic nitrogens is 2. The predicted octanol–water partition coefficient (Wildman–Crippen LogP) is 4.29. The van der Waals surface area contributed by atoms with Gasteiger partial charge in [-0.2, -0.15) is 0 Å².